The molecule has 1 aliphatic rings. The number of likely N-dealkylation sites (tertiary alicyclic amines) is 1. The number of piperidine rings is 1. The van der Waals surface area contributed by atoms with Crippen molar-refractivity contribution in [3.63, 3.8) is 0 Å². The summed E-state index contributed by atoms with van der Waals surface area (Å²) in [4.78, 5) is 20.6. The highest BCUT2D eigenvalue weighted by Crippen LogP contribution is 2.21. The molecule has 0 aromatic carbocycles. The SMILES string of the molecule is CN(CC1CCCN(C(=O)OC(C)(C)C)C1)c1ccccn1. The van der Waals surface area contributed by atoms with Gasteiger partial charge in [0, 0.05) is 32.9 Å². The second-order valence-corrected chi connectivity index (χ2v) is 7.00. The number of aromatic nitrogens is 1. The summed E-state index contributed by atoms with van der Waals surface area (Å²) in [7, 11) is 2.05. The maximum absolute atomic E-state index is 12.2. The molecule has 22 heavy (non-hydrogen) atoms. The molecular formula is C17H27N3O2. The van der Waals surface area contributed by atoms with Gasteiger partial charge in [-0.1, -0.05) is 6.07 Å². The van der Waals surface area contributed by atoms with Crippen LogP contribution in [0.4, 0.5) is 10.6 Å². The molecule has 1 atom stereocenters. The zero-order valence-corrected chi connectivity index (χ0v) is 14.1. The Morgan fingerprint density at radius 1 is 1.45 bits per heavy atom. The average Bonchev–Trinajstić information content (AvgIpc) is 2.46. The summed E-state index contributed by atoms with van der Waals surface area (Å²) in [5.74, 6) is 1.42. The third kappa shape index (κ3) is 4.90. The topological polar surface area (TPSA) is 45.7 Å². The molecule has 2 rings (SSSR count). The lowest BCUT2D eigenvalue weighted by Gasteiger charge is -2.35. The first kappa shape index (κ1) is 16.6. The van der Waals surface area contributed by atoms with E-state index in [9.17, 15) is 4.79 Å². The Kier molecular flexibility index (Phi) is 5.27. The van der Waals surface area contributed by atoms with Crippen molar-refractivity contribution in [3.05, 3.63) is 24.4 Å². The highest BCUT2D eigenvalue weighted by atomic mass is 16.6. The number of rotatable bonds is 3. The van der Waals surface area contributed by atoms with E-state index in [4.69, 9.17) is 4.74 Å². The zero-order chi connectivity index (χ0) is 16.2. The highest BCUT2D eigenvalue weighted by molar-refractivity contribution is 5.68. The van der Waals surface area contributed by atoms with Gasteiger partial charge in [-0.25, -0.2) is 9.78 Å². The highest BCUT2D eigenvalue weighted by Gasteiger charge is 2.28. The van der Waals surface area contributed by atoms with Gasteiger partial charge in [0.25, 0.3) is 0 Å². The molecule has 1 amide bonds. The molecule has 1 unspecified atom stereocenters. The lowest BCUT2D eigenvalue weighted by atomic mass is 9.98. The van der Waals surface area contributed by atoms with Crippen molar-refractivity contribution in [2.75, 3.05) is 31.6 Å². The maximum atomic E-state index is 12.2. The predicted molar refractivity (Wildman–Crippen MR) is 88.0 cm³/mol. The molecule has 1 aromatic heterocycles. The molecule has 122 valence electrons. The molecule has 1 fully saturated rings. The number of carbonyl (C=O) groups is 1. The number of amides is 1. The van der Waals surface area contributed by atoms with Gasteiger partial charge in [0.05, 0.1) is 0 Å². The molecule has 0 spiro atoms. The smallest absolute Gasteiger partial charge is 0.410 e. The fourth-order valence-electron chi connectivity index (χ4n) is 2.77. The van der Waals surface area contributed by atoms with Gasteiger partial charge in [0.1, 0.15) is 11.4 Å². The van der Waals surface area contributed by atoms with Crippen LogP contribution in [0, 0.1) is 5.92 Å². The van der Waals surface area contributed by atoms with Gasteiger partial charge in [-0.15, -0.1) is 0 Å². The molecular weight excluding hydrogens is 278 g/mol. The van der Waals surface area contributed by atoms with Gasteiger partial charge in [-0.05, 0) is 51.7 Å². The third-order valence-electron chi connectivity index (χ3n) is 3.74. The van der Waals surface area contributed by atoms with Crippen molar-refractivity contribution >= 4 is 11.9 Å². The van der Waals surface area contributed by atoms with Crippen molar-refractivity contribution in [3.8, 4) is 0 Å². The lowest BCUT2D eigenvalue weighted by Crippen LogP contribution is -2.45. The summed E-state index contributed by atoms with van der Waals surface area (Å²) < 4.78 is 5.48. The fourth-order valence-corrected chi connectivity index (χ4v) is 2.77. The van der Waals surface area contributed by atoms with Crippen molar-refractivity contribution in [1.29, 1.82) is 0 Å². The first-order valence-electron chi connectivity index (χ1n) is 7.95. The Morgan fingerprint density at radius 2 is 2.23 bits per heavy atom. The zero-order valence-electron chi connectivity index (χ0n) is 14.1. The van der Waals surface area contributed by atoms with Crippen LogP contribution in [-0.2, 0) is 4.74 Å². The molecule has 1 saturated heterocycles. The summed E-state index contributed by atoms with van der Waals surface area (Å²) >= 11 is 0. The van der Waals surface area contributed by atoms with Gasteiger partial charge in [-0.3, -0.25) is 0 Å². The quantitative estimate of drug-likeness (QED) is 0.860. The van der Waals surface area contributed by atoms with E-state index < -0.39 is 5.60 Å². The molecule has 0 N–H and O–H groups in total. The van der Waals surface area contributed by atoms with Gasteiger partial charge in [-0.2, -0.15) is 0 Å². The number of hydrogen-bond acceptors (Lipinski definition) is 4. The van der Waals surface area contributed by atoms with Crippen molar-refractivity contribution in [2.45, 2.75) is 39.2 Å². The normalized spacial score (nSPS) is 18.9. The summed E-state index contributed by atoms with van der Waals surface area (Å²) in [6, 6.07) is 5.92. The van der Waals surface area contributed by atoms with Crippen LogP contribution in [0.25, 0.3) is 0 Å². The van der Waals surface area contributed by atoms with Crippen LogP contribution in [-0.4, -0.2) is 48.3 Å². The van der Waals surface area contributed by atoms with Gasteiger partial charge in [0.2, 0.25) is 0 Å². The first-order valence-corrected chi connectivity index (χ1v) is 7.95. The van der Waals surface area contributed by atoms with Gasteiger partial charge in [0.15, 0.2) is 0 Å². The molecule has 5 nitrogen and oxygen atoms in total. The average molecular weight is 305 g/mol. The summed E-state index contributed by atoms with van der Waals surface area (Å²) in [5.41, 5.74) is -0.436. The Balaban J connectivity index is 1.89. The molecule has 0 saturated carbocycles. The van der Waals surface area contributed by atoms with Crippen LogP contribution in [0.2, 0.25) is 0 Å². The second-order valence-electron chi connectivity index (χ2n) is 7.00. The van der Waals surface area contributed by atoms with Gasteiger partial charge >= 0.3 is 6.09 Å². The second kappa shape index (κ2) is 6.99. The van der Waals surface area contributed by atoms with Crippen LogP contribution in [0.15, 0.2) is 24.4 Å². The van der Waals surface area contributed by atoms with E-state index in [1.165, 1.54) is 0 Å². The van der Waals surface area contributed by atoms with Crippen molar-refractivity contribution in [2.24, 2.45) is 5.92 Å². The molecule has 0 aliphatic carbocycles. The number of nitrogens with zero attached hydrogens (tertiary/aromatic N) is 3. The Bertz CT molecular complexity index is 484. The van der Waals surface area contributed by atoms with Crippen molar-refractivity contribution in [1.82, 2.24) is 9.88 Å². The first-order chi connectivity index (χ1) is 10.3. The van der Waals surface area contributed by atoms with Crippen LogP contribution >= 0.6 is 0 Å². The number of pyridine rings is 1. The third-order valence-corrected chi connectivity index (χ3v) is 3.74. The van der Waals surface area contributed by atoms with E-state index in [2.05, 4.69) is 16.9 Å². The van der Waals surface area contributed by atoms with E-state index in [1.54, 1.807) is 6.20 Å². The standard InChI is InChI=1S/C17H27N3O2/c1-17(2,3)22-16(21)20-11-7-8-14(13-20)12-19(4)15-9-5-6-10-18-15/h5-6,9-10,14H,7-8,11-13H2,1-4H3. The Morgan fingerprint density at radius 3 is 2.86 bits per heavy atom. The lowest BCUT2D eigenvalue weighted by molar-refractivity contribution is 0.0170. The number of ether oxygens (including phenoxy) is 1. The summed E-state index contributed by atoms with van der Waals surface area (Å²) in [6.45, 7) is 8.16. The van der Waals surface area contributed by atoms with Crippen LogP contribution in [0.1, 0.15) is 33.6 Å². The summed E-state index contributed by atoms with van der Waals surface area (Å²) in [6.07, 6.45) is 3.77. The largest absolute Gasteiger partial charge is 0.444 e. The maximum Gasteiger partial charge on any atom is 0.410 e. The van der Waals surface area contributed by atoms with E-state index in [0.717, 1.165) is 38.3 Å². The summed E-state index contributed by atoms with van der Waals surface area (Å²) in [5, 5.41) is 0. The van der Waals surface area contributed by atoms with E-state index in [1.807, 2.05) is 43.9 Å². The van der Waals surface area contributed by atoms with E-state index in [-0.39, 0.29) is 6.09 Å². The molecule has 0 bridgehead atoms. The number of carbonyl (C=O) groups excluding carboxylic acids is 1. The molecule has 1 aliphatic heterocycles. The minimum atomic E-state index is -0.436. The number of hydrogen-bond donors (Lipinski definition) is 0. The predicted octanol–water partition coefficient (Wildman–Crippen LogP) is 3.16. The van der Waals surface area contributed by atoms with Crippen LogP contribution < -0.4 is 4.90 Å². The molecule has 1 aromatic rings. The van der Waals surface area contributed by atoms with Crippen molar-refractivity contribution < 1.29 is 9.53 Å². The molecule has 5 heteroatoms. The molecule has 2 heterocycles. The van der Waals surface area contributed by atoms with Gasteiger partial charge < -0.3 is 14.5 Å². The van der Waals surface area contributed by atoms with E-state index in [0.29, 0.717) is 5.92 Å². The fraction of sp³-hybridized carbons (Fsp3) is 0.647. The van der Waals surface area contributed by atoms with E-state index >= 15 is 0 Å². The molecule has 0 radical (unpaired) electrons. The Hall–Kier alpha value is -1.78. The van der Waals surface area contributed by atoms with Crippen LogP contribution in [0.3, 0.4) is 0 Å². The minimum absolute atomic E-state index is 0.197. The Labute approximate surface area is 133 Å². The minimum Gasteiger partial charge on any atom is -0.444 e. The number of anilines is 1. The monoisotopic (exact) mass is 305 g/mol. The van der Waals surface area contributed by atoms with Crippen LogP contribution in [0.5, 0.6) is 0 Å².